The normalized spacial score (nSPS) is 16.8. The summed E-state index contributed by atoms with van der Waals surface area (Å²) in [6.45, 7) is 2.23. The molecule has 0 N–H and O–H groups in total. The maximum Gasteiger partial charge on any atom is 0.0857 e. The van der Waals surface area contributed by atoms with Crippen molar-refractivity contribution >= 4 is 17.8 Å². The number of rotatable bonds is 8. The number of allylic oxidation sites excluding steroid dienone is 1. The first kappa shape index (κ1) is 20.0. The summed E-state index contributed by atoms with van der Waals surface area (Å²) < 4.78 is 5.28. The smallest absolute Gasteiger partial charge is 0.0857 e. The predicted molar refractivity (Wildman–Crippen MR) is 118 cm³/mol. The molecule has 3 heteroatoms. The molecule has 2 aromatic carbocycles. The van der Waals surface area contributed by atoms with Crippen LogP contribution in [-0.2, 0) is 11.2 Å². The largest absolute Gasteiger partial charge is 0.377 e. The van der Waals surface area contributed by atoms with Gasteiger partial charge in [-0.25, -0.2) is 0 Å². The van der Waals surface area contributed by atoms with Gasteiger partial charge in [0, 0.05) is 7.11 Å². The van der Waals surface area contributed by atoms with Crippen molar-refractivity contribution in [2.45, 2.75) is 38.7 Å². The fourth-order valence-electron chi connectivity index (χ4n) is 2.97. The van der Waals surface area contributed by atoms with Crippen LogP contribution in [0.25, 0.3) is 12.2 Å². The van der Waals surface area contributed by atoms with Crippen LogP contribution < -0.4 is 0 Å². The van der Waals surface area contributed by atoms with E-state index in [1.54, 1.807) is 7.11 Å². The van der Waals surface area contributed by atoms with E-state index in [0.29, 0.717) is 0 Å². The van der Waals surface area contributed by atoms with E-state index < -0.39 is 0 Å². The van der Waals surface area contributed by atoms with E-state index in [9.17, 15) is 0 Å². The maximum atomic E-state index is 5.28. The number of azo groups is 1. The van der Waals surface area contributed by atoms with Gasteiger partial charge in [0.25, 0.3) is 0 Å². The monoisotopic (exact) mass is 372 g/mol. The molecule has 0 heterocycles. The Balaban J connectivity index is 1.55. The minimum Gasteiger partial charge on any atom is -0.377 e. The van der Waals surface area contributed by atoms with Gasteiger partial charge >= 0.3 is 0 Å². The third-order valence-corrected chi connectivity index (χ3v) is 4.78. The lowest BCUT2D eigenvalue weighted by Gasteiger charge is -2.11. The molecule has 3 nitrogen and oxygen atoms in total. The van der Waals surface area contributed by atoms with Crippen LogP contribution in [0.2, 0.25) is 0 Å². The number of benzene rings is 2. The second kappa shape index (κ2) is 10.5. The number of hydrogen-bond acceptors (Lipinski definition) is 3. The summed E-state index contributed by atoms with van der Waals surface area (Å²) in [6, 6.07) is 16.9. The minimum absolute atomic E-state index is 0.151. The molecule has 1 unspecified atom stereocenters. The predicted octanol–water partition coefficient (Wildman–Crippen LogP) is 7.14. The van der Waals surface area contributed by atoms with Gasteiger partial charge in [0.15, 0.2) is 0 Å². The fraction of sp³-hybridized carbons (Fsp3) is 0.280. The van der Waals surface area contributed by atoms with Gasteiger partial charge in [0.2, 0.25) is 0 Å². The Morgan fingerprint density at radius 3 is 2.21 bits per heavy atom. The summed E-state index contributed by atoms with van der Waals surface area (Å²) >= 11 is 0. The number of aryl methyl sites for hydroxylation is 1. The van der Waals surface area contributed by atoms with E-state index in [2.05, 4.69) is 65.7 Å². The number of methoxy groups -OCH3 is 1. The molecule has 1 atom stereocenters. The average molecular weight is 373 g/mol. The number of ether oxygens (including phenoxy) is 1. The van der Waals surface area contributed by atoms with Crippen LogP contribution >= 0.6 is 0 Å². The van der Waals surface area contributed by atoms with Crippen molar-refractivity contribution in [3.8, 4) is 0 Å². The van der Waals surface area contributed by atoms with Crippen LogP contribution in [0.3, 0.4) is 0 Å². The number of hydrogen-bond donors (Lipinski definition) is 0. The van der Waals surface area contributed by atoms with Crippen LogP contribution in [0.1, 0.15) is 42.9 Å². The summed E-state index contributed by atoms with van der Waals surface area (Å²) in [7, 11) is 1.72. The van der Waals surface area contributed by atoms with Crippen LogP contribution in [0.15, 0.2) is 82.7 Å². The Labute approximate surface area is 168 Å². The van der Waals surface area contributed by atoms with E-state index in [-0.39, 0.29) is 6.10 Å². The second-order valence-corrected chi connectivity index (χ2v) is 6.97. The molecular formula is C25H28N2O. The lowest BCUT2D eigenvalue weighted by atomic mass is 10.1. The maximum absolute atomic E-state index is 5.28. The van der Waals surface area contributed by atoms with Crippen molar-refractivity contribution in [1.82, 2.24) is 0 Å². The van der Waals surface area contributed by atoms with Gasteiger partial charge < -0.3 is 4.74 Å². The molecule has 1 aliphatic carbocycles. The standard InChI is InChI=1S/C25H28N2O/c1-3-4-5-20-6-8-21(9-7-20)10-11-22-12-14-23(15-13-22)26-27-24-16-18-25(28-2)19-17-24/h6-18,25H,3-5,19H2,1-2H3/b11-10+,27-26?. The van der Waals surface area contributed by atoms with Crippen molar-refractivity contribution in [2.24, 2.45) is 10.2 Å². The zero-order chi connectivity index (χ0) is 19.6. The number of unbranched alkanes of at least 4 members (excludes halogenated alkanes) is 1. The highest BCUT2D eigenvalue weighted by molar-refractivity contribution is 5.70. The summed E-state index contributed by atoms with van der Waals surface area (Å²) in [5.74, 6) is 0. The van der Waals surface area contributed by atoms with Crippen molar-refractivity contribution < 1.29 is 4.74 Å². The molecule has 0 saturated carbocycles. The highest BCUT2D eigenvalue weighted by Crippen LogP contribution is 2.19. The fourth-order valence-corrected chi connectivity index (χ4v) is 2.97. The zero-order valence-electron chi connectivity index (χ0n) is 16.7. The molecule has 0 aromatic heterocycles. The van der Waals surface area contributed by atoms with E-state index in [1.807, 2.05) is 30.4 Å². The topological polar surface area (TPSA) is 34.0 Å². The van der Waals surface area contributed by atoms with Gasteiger partial charge in [0.1, 0.15) is 0 Å². The lowest BCUT2D eigenvalue weighted by molar-refractivity contribution is 0.142. The molecule has 0 spiro atoms. The van der Waals surface area contributed by atoms with E-state index in [0.717, 1.165) is 29.8 Å². The SMILES string of the molecule is CCCCc1ccc(/C=C/c2ccc(N=NC3=CCC(OC)C=C3)cc2)cc1. The lowest BCUT2D eigenvalue weighted by Crippen LogP contribution is -2.07. The third kappa shape index (κ3) is 6.14. The molecule has 1 aliphatic rings. The first-order valence-corrected chi connectivity index (χ1v) is 9.97. The Bertz CT molecular complexity index is 858. The molecular weight excluding hydrogens is 344 g/mol. The van der Waals surface area contributed by atoms with Gasteiger partial charge in [-0.2, -0.15) is 10.2 Å². The Hall–Kier alpha value is -2.78. The molecule has 0 bridgehead atoms. The van der Waals surface area contributed by atoms with Crippen molar-refractivity contribution in [2.75, 3.05) is 7.11 Å². The van der Waals surface area contributed by atoms with Crippen LogP contribution in [-0.4, -0.2) is 13.2 Å². The Morgan fingerprint density at radius 2 is 1.64 bits per heavy atom. The van der Waals surface area contributed by atoms with Crippen LogP contribution in [0.4, 0.5) is 5.69 Å². The summed E-state index contributed by atoms with van der Waals surface area (Å²) in [5, 5.41) is 8.62. The molecule has 0 fully saturated rings. The molecule has 0 amide bonds. The second-order valence-electron chi connectivity index (χ2n) is 6.97. The van der Waals surface area contributed by atoms with Crippen LogP contribution in [0.5, 0.6) is 0 Å². The summed E-state index contributed by atoms with van der Waals surface area (Å²) in [6.07, 6.45) is 14.9. The molecule has 0 saturated heterocycles. The molecule has 0 aliphatic heterocycles. The molecule has 3 rings (SSSR count). The first-order valence-electron chi connectivity index (χ1n) is 9.97. The Morgan fingerprint density at radius 1 is 0.964 bits per heavy atom. The molecule has 0 radical (unpaired) electrons. The minimum atomic E-state index is 0.151. The van der Waals surface area contributed by atoms with Gasteiger partial charge in [-0.1, -0.05) is 74.0 Å². The average Bonchev–Trinajstić information content (AvgIpc) is 2.76. The summed E-state index contributed by atoms with van der Waals surface area (Å²) in [4.78, 5) is 0. The highest BCUT2D eigenvalue weighted by Gasteiger charge is 2.06. The van der Waals surface area contributed by atoms with Gasteiger partial charge in [-0.3, -0.25) is 0 Å². The third-order valence-electron chi connectivity index (χ3n) is 4.78. The van der Waals surface area contributed by atoms with E-state index >= 15 is 0 Å². The van der Waals surface area contributed by atoms with Crippen LogP contribution in [0, 0.1) is 0 Å². The molecule has 2 aromatic rings. The zero-order valence-corrected chi connectivity index (χ0v) is 16.7. The highest BCUT2D eigenvalue weighted by atomic mass is 16.5. The van der Waals surface area contributed by atoms with E-state index in [4.69, 9.17) is 4.74 Å². The van der Waals surface area contributed by atoms with E-state index in [1.165, 1.54) is 24.0 Å². The van der Waals surface area contributed by atoms with Gasteiger partial charge in [0.05, 0.1) is 17.5 Å². The van der Waals surface area contributed by atoms with Gasteiger partial charge in [-0.15, -0.1) is 0 Å². The summed E-state index contributed by atoms with van der Waals surface area (Å²) in [5.41, 5.74) is 5.50. The van der Waals surface area contributed by atoms with Gasteiger partial charge in [-0.05, 0) is 54.2 Å². The number of nitrogens with zero attached hydrogens (tertiary/aromatic N) is 2. The van der Waals surface area contributed by atoms with Crippen molar-refractivity contribution in [3.05, 3.63) is 89.1 Å². The van der Waals surface area contributed by atoms with Crippen molar-refractivity contribution in [1.29, 1.82) is 0 Å². The Kier molecular flexibility index (Phi) is 7.51. The van der Waals surface area contributed by atoms with Crippen molar-refractivity contribution in [3.63, 3.8) is 0 Å². The quantitative estimate of drug-likeness (QED) is 0.358. The molecule has 144 valence electrons. The first-order chi connectivity index (χ1) is 13.8. The molecule has 28 heavy (non-hydrogen) atoms.